The minimum atomic E-state index is -0.525. The van der Waals surface area contributed by atoms with Crippen molar-refractivity contribution < 1.29 is 19.0 Å². The molecule has 1 aliphatic rings. The second-order valence-electron chi connectivity index (χ2n) is 7.62. The van der Waals surface area contributed by atoms with Gasteiger partial charge in [0.25, 0.3) is 0 Å². The molecule has 0 unspecified atom stereocenters. The number of carbonyl (C=O) groups is 1. The number of hydrogen-bond donors (Lipinski definition) is 0. The van der Waals surface area contributed by atoms with Crippen LogP contribution in [0.5, 0.6) is 5.75 Å². The minimum absolute atomic E-state index is 0.356. The molecule has 0 saturated carbocycles. The molecule has 0 bridgehead atoms. The van der Waals surface area contributed by atoms with Crippen LogP contribution in [0.3, 0.4) is 0 Å². The molecule has 6 nitrogen and oxygen atoms in total. The van der Waals surface area contributed by atoms with E-state index in [1.807, 2.05) is 52.0 Å². The average molecular weight is 360 g/mol. The molecule has 0 spiro atoms. The van der Waals surface area contributed by atoms with Crippen molar-refractivity contribution in [2.24, 2.45) is 0 Å². The molecule has 1 saturated heterocycles. The van der Waals surface area contributed by atoms with Crippen molar-refractivity contribution in [1.82, 2.24) is 9.47 Å². The van der Waals surface area contributed by atoms with Gasteiger partial charge in [-0.25, -0.2) is 9.36 Å². The molecule has 1 fully saturated rings. The Morgan fingerprint density at radius 3 is 2.62 bits per heavy atom. The van der Waals surface area contributed by atoms with Crippen molar-refractivity contribution in [2.75, 3.05) is 39.5 Å². The van der Waals surface area contributed by atoms with Gasteiger partial charge in [0, 0.05) is 30.7 Å². The first kappa shape index (κ1) is 18.7. The molecule has 2 aromatic rings. The summed E-state index contributed by atoms with van der Waals surface area (Å²) in [4.78, 5) is 14.8. The van der Waals surface area contributed by atoms with E-state index >= 15 is 0 Å². The molecule has 6 heteroatoms. The smallest absolute Gasteiger partial charge is 0.419 e. The number of ether oxygens (including phenoxy) is 3. The normalized spacial score (nSPS) is 16.0. The quantitative estimate of drug-likeness (QED) is 0.836. The lowest BCUT2D eigenvalue weighted by molar-refractivity contribution is 0.0322. The van der Waals surface area contributed by atoms with E-state index in [9.17, 15) is 4.79 Å². The zero-order chi connectivity index (χ0) is 18.7. The van der Waals surface area contributed by atoms with Gasteiger partial charge in [-0.2, -0.15) is 0 Å². The molecule has 0 aliphatic carbocycles. The third-order valence-electron chi connectivity index (χ3n) is 4.31. The van der Waals surface area contributed by atoms with Gasteiger partial charge in [-0.05, 0) is 52.0 Å². The van der Waals surface area contributed by atoms with Crippen LogP contribution in [0, 0.1) is 6.92 Å². The van der Waals surface area contributed by atoms with Crippen LogP contribution in [-0.2, 0) is 9.47 Å². The number of carbonyl (C=O) groups excluding carboxylic acids is 1. The maximum Gasteiger partial charge on any atom is 0.419 e. The van der Waals surface area contributed by atoms with Crippen molar-refractivity contribution in [3.63, 3.8) is 0 Å². The van der Waals surface area contributed by atoms with Gasteiger partial charge >= 0.3 is 6.09 Å². The molecular formula is C20H28N2O4. The van der Waals surface area contributed by atoms with Crippen LogP contribution in [-0.4, -0.2) is 60.6 Å². The lowest BCUT2D eigenvalue weighted by atomic mass is 10.2. The molecule has 26 heavy (non-hydrogen) atoms. The highest BCUT2D eigenvalue weighted by Crippen LogP contribution is 2.25. The van der Waals surface area contributed by atoms with Crippen molar-refractivity contribution in [2.45, 2.75) is 33.3 Å². The number of rotatable bonds is 4. The van der Waals surface area contributed by atoms with Crippen molar-refractivity contribution in [1.29, 1.82) is 0 Å². The van der Waals surface area contributed by atoms with Crippen molar-refractivity contribution in [3.8, 4) is 5.75 Å². The van der Waals surface area contributed by atoms with Gasteiger partial charge < -0.3 is 14.2 Å². The fourth-order valence-corrected chi connectivity index (χ4v) is 3.09. The lowest BCUT2D eigenvalue weighted by Crippen LogP contribution is -2.38. The Labute approximate surface area is 154 Å². The summed E-state index contributed by atoms with van der Waals surface area (Å²) >= 11 is 0. The summed E-state index contributed by atoms with van der Waals surface area (Å²) in [5, 5.41) is 0.970. The number of aromatic nitrogens is 1. The highest BCUT2D eigenvalue weighted by molar-refractivity contribution is 5.91. The highest BCUT2D eigenvalue weighted by Gasteiger charge is 2.21. The van der Waals surface area contributed by atoms with E-state index < -0.39 is 5.60 Å². The Hall–Kier alpha value is -2.05. The van der Waals surface area contributed by atoms with Crippen molar-refractivity contribution >= 4 is 17.0 Å². The maximum atomic E-state index is 12.5. The predicted octanol–water partition coefficient (Wildman–Crippen LogP) is 3.44. The number of morpholine rings is 1. The summed E-state index contributed by atoms with van der Waals surface area (Å²) in [7, 11) is 0. The lowest BCUT2D eigenvalue weighted by Gasteiger charge is -2.26. The molecule has 1 aromatic carbocycles. The summed E-state index contributed by atoms with van der Waals surface area (Å²) in [6, 6.07) is 7.77. The van der Waals surface area contributed by atoms with E-state index in [0.29, 0.717) is 6.61 Å². The SMILES string of the molecule is Cc1cc2cc(OCCN3CCOCC3)ccc2n1C(=O)OC(C)(C)C. The second kappa shape index (κ2) is 7.68. The standard InChI is InChI=1S/C20H28N2O4/c1-15-13-16-14-17(25-12-9-21-7-10-24-11-8-21)5-6-18(16)22(15)19(23)26-20(2,3)4/h5-6,13-14H,7-12H2,1-4H3. The Kier molecular flexibility index (Phi) is 5.53. The van der Waals surface area contributed by atoms with E-state index in [1.165, 1.54) is 0 Å². The Balaban J connectivity index is 1.68. The summed E-state index contributed by atoms with van der Waals surface area (Å²) in [6.07, 6.45) is -0.356. The summed E-state index contributed by atoms with van der Waals surface area (Å²) < 4.78 is 18.4. The van der Waals surface area contributed by atoms with Crippen LogP contribution in [0.2, 0.25) is 0 Å². The fraction of sp³-hybridized carbons (Fsp3) is 0.550. The third-order valence-corrected chi connectivity index (χ3v) is 4.31. The van der Waals surface area contributed by atoms with Gasteiger partial charge in [0.1, 0.15) is 18.0 Å². The van der Waals surface area contributed by atoms with E-state index in [0.717, 1.165) is 55.2 Å². The summed E-state index contributed by atoms with van der Waals surface area (Å²) in [5.41, 5.74) is 1.15. The molecule has 0 atom stereocenters. The predicted molar refractivity (Wildman–Crippen MR) is 101 cm³/mol. The number of benzene rings is 1. The molecule has 0 amide bonds. The summed E-state index contributed by atoms with van der Waals surface area (Å²) in [5.74, 6) is 0.812. The van der Waals surface area contributed by atoms with E-state index in [1.54, 1.807) is 4.57 Å². The third kappa shape index (κ3) is 4.56. The molecule has 1 aromatic heterocycles. The fourth-order valence-electron chi connectivity index (χ4n) is 3.09. The first-order chi connectivity index (χ1) is 12.3. The van der Waals surface area contributed by atoms with Gasteiger partial charge in [0.15, 0.2) is 0 Å². The summed E-state index contributed by atoms with van der Waals surface area (Å²) in [6.45, 7) is 12.5. The van der Waals surface area contributed by atoms with Crippen LogP contribution < -0.4 is 4.74 Å². The first-order valence-electron chi connectivity index (χ1n) is 9.12. The molecule has 142 valence electrons. The van der Waals surface area contributed by atoms with E-state index in [4.69, 9.17) is 14.2 Å². The Bertz CT molecular complexity index is 770. The number of nitrogens with zero attached hydrogens (tertiary/aromatic N) is 2. The minimum Gasteiger partial charge on any atom is -0.492 e. The average Bonchev–Trinajstić information content (AvgIpc) is 2.89. The number of aryl methyl sites for hydroxylation is 1. The molecule has 0 radical (unpaired) electrons. The van der Waals surface area contributed by atoms with Gasteiger partial charge in [-0.15, -0.1) is 0 Å². The largest absolute Gasteiger partial charge is 0.492 e. The van der Waals surface area contributed by atoms with Gasteiger partial charge in [0.05, 0.1) is 18.7 Å². The Morgan fingerprint density at radius 1 is 1.19 bits per heavy atom. The number of hydrogen-bond acceptors (Lipinski definition) is 5. The van der Waals surface area contributed by atoms with Gasteiger partial charge in [-0.1, -0.05) is 0 Å². The molecule has 3 rings (SSSR count). The van der Waals surface area contributed by atoms with Crippen LogP contribution >= 0.6 is 0 Å². The topological polar surface area (TPSA) is 52.9 Å². The van der Waals surface area contributed by atoms with Gasteiger partial charge in [0.2, 0.25) is 0 Å². The maximum absolute atomic E-state index is 12.5. The van der Waals surface area contributed by atoms with Gasteiger partial charge in [-0.3, -0.25) is 4.90 Å². The highest BCUT2D eigenvalue weighted by atomic mass is 16.6. The zero-order valence-corrected chi connectivity index (χ0v) is 16.1. The molecular weight excluding hydrogens is 332 g/mol. The van der Waals surface area contributed by atoms with Crippen LogP contribution in [0.1, 0.15) is 26.5 Å². The van der Waals surface area contributed by atoms with E-state index in [2.05, 4.69) is 4.90 Å². The molecule has 1 aliphatic heterocycles. The van der Waals surface area contributed by atoms with Crippen LogP contribution in [0.15, 0.2) is 24.3 Å². The van der Waals surface area contributed by atoms with Crippen molar-refractivity contribution in [3.05, 3.63) is 30.0 Å². The van der Waals surface area contributed by atoms with Crippen LogP contribution in [0.4, 0.5) is 4.79 Å². The zero-order valence-electron chi connectivity index (χ0n) is 16.1. The van der Waals surface area contributed by atoms with Crippen LogP contribution in [0.25, 0.3) is 10.9 Å². The number of fused-ring (bicyclic) bond motifs is 1. The Morgan fingerprint density at radius 2 is 1.92 bits per heavy atom. The molecule has 2 heterocycles. The first-order valence-corrected chi connectivity index (χ1v) is 9.12. The second-order valence-corrected chi connectivity index (χ2v) is 7.62. The monoisotopic (exact) mass is 360 g/mol. The van der Waals surface area contributed by atoms with E-state index in [-0.39, 0.29) is 6.09 Å². The molecule has 0 N–H and O–H groups in total.